The molecular formula is C85H134O17P2. The van der Waals surface area contributed by atoms with E-state index >= 15 is 0 Å². The number of aliphatic hydroxyl groups is 1. The molecule has 0 amide bonds. The van der Waals surface area contributed by atoms with Gasteiger partial charge in [-0.3, -0.25) is 37.3 Å². The Morgan fingerprint density at radius 3 is 0.856 bits per heavy atom. The molecule has 3 N–H and O–H groups in total. The minimum absolute atomic E-state index is 0.0232. The van der Waals surface area contributed by atoms with Crippen LogP contribution in [0.5, 0.6) is 0 Å². The molecule has 5 unspecified atom stereocenters. The zero-order valence-electron chi connectivity index (χ0n) is 63.9. The molecule has 586 valence electrons. The molecule has 0 fully saturated rings. The van der Waals surface area contributed by atoms with Gasteiger partial charge in [-0.15, -0.1) is 0 Å². The molecule has 0 aliphatic rings. The summed E-state index contributed by atoms with van der Waals surface area (Å²) < 4.78 is 68.4. The molecule has 0 saturated heterocycles. The molecule has 0 aromatic heterocycles. The van der Waals surface area contributed by atoms with Gasteiger partial charge in [0.25, 0.3) is 0 Å². The molecule has 0 spiro atoms. The van der Waals surface area contributed by atoms with Crippen LogP contribution in [0.25, 0.3) is 0 Å². The average Bonchev–Trinajstić information content (AvgIpc) is 0.911. The van der Waals surface area contributed by atoms with Gasteiger partial charge in [-0.2, -0.15) is 0 Å². The smallest absolute Gasteiger partial charge is 0.462 e. The Morgan fingerprint density at radius 1 is 0.279 bits per heavy atom. The molecule has 0 aromatic carbocycles. The number of phosphoric ester groups is 2. The van der Waals surface area contributed by atoms with E-state index in [0.29, 0.717) is 38.5 Å². The second kappa shape index (κ2) is 75.1. The Hall–Kier alpha value is -6.10. The van der Waals surface area contributed by atoms with Crippen LogP contribution in [-0.4, -0.2) is 96.7 Å². The summed E-state index contributed by atoms with van der Waals surface area (Å²) in [7, 11) is -10.0. The number of unbranched alkanes of at least 4 members (excludes halogenated alkanes) is 12. The van der Waals surface area contributed by atoms with E-state index in [1.165, 1.54) is 0 Å². The van der Waals surface area contributed by atoms with Crippen molar-refractivity contribution in [3.63, 3.8) is 0 Å². The topological polar surface area (TPSA) is 237 Å². The van der Waals surface area contributed by atoms with Crippen molar-refractivity contribution in [3.05, 3.63) is 194 Å². The van der Waals surface area contributed by atoms with E-state index in [1.54, 1.807) is 0 Å². The van der Waals surface area contributed by atoms with E-state index in [1.807, 2.05) is 30.4 Å². The van der Waals surface area contributed by atoms with Gasteiger partial charge in [0.2, 0.25) is 0 Å². The average molecular weight is 1490 g/mol. The first kappa shape index (κ1) is 97.9. The lowest BCUT2D eigenvalue weighted by Gasteiger charge is -2.21. The first-order valence-electron chi connectivity index (χ1n) is 38.7. The minimum Gasteiger partial charge on any atom is -0.462 e. The predicted molar refractivity (Wildman–Crippen MR) is 426 cm³/mol. The van der Waals surface area contributed by atoms with Crippen molar-refractivity contribution in [1.29, 1.82) is 0 Å². The van der Waals surface area contributed by atoms with Crippen LogP contribution in [0.3, 0.4) is 0 Å². The summed E-state index contributed by atoms with van der Waals surface area (Å²) in [6.07, 6.45) is 91.6. The maximum atomic E-state index is 13.1. The lowest BCUT2D eigenvalue weighted by atomic mass is 10.1. The van der Waals surface area contributed by atoms with Crippen LogP contribution in [0.4, 0.5) is 0 Å². The van der Waals surface area contributed by atoms with Crippen molar-refractivity contribution >= 4 is 39.5 Å². The minimum atomic E-state index is -5.01. The third kappa shape index (κ3) is 74.2. The fourth-order valence-corrected chi connectivity index (χ4v) is 10.9. The van der Waals surface area contributed by atoms with Gasteiger partial charge < -0.3 is 33.8 Å². The number of carbonyl (C=O) groups excluding carboxylic acids is 4. The summed E-state index contributed by atoms with van der Waals surface area (Å²) in [5, 5.41) is 10.6. The number of allylic oxidation sites excluding steroid dienone is 32. The fraction of sp³-hybridized carbons (Fsp3) is 0.576. The maximum Gasteiger partial charge on any atom is 0.472 e. The molecule has 0 bridgehead atoms. The summed E-state index contributed by atoms with van der Waals surface area (Å²) >= 11 is 0. The van der Waals surface area contributed by atoms with Crippen LogP contribution in [0.1, 0.15) is 259 Å². The zero-order valence-corrected chi connectivity index (χ0v) is 65.6. The van der Waals surface area contributed by atoms with Crippen molar-refractivity contribution in [2.45, 2.75) is 277 Å². The molecule has 5 atom stereocenters. The number of ether oxygens (including phenoxy) is 4. The van der Waals surface area contributed by atoms with Gasteiger partial charge in [-0.1, -0.05) is 267 Å². The van der Waals surface area contributed by atoms with Gasteiger partial charge in [-0.05, 0) is 161 Å². The summed E-state index contributed by atoms with van der Waals surface area (Å²) in [4.78, 5) is 72.9. The quantitative estimate of drug-likeness (QED) is 0.0169. The van der Waals surface area contributed by atoms with Gasteiger partial charge >= 0.3 is 39.5 Å². The lowest BCUT2D eigenvalue weighted by Crippen LogP contribution is -2.30. The lowest BCUT2D eigenvalue weighted by molar-refractivity contribution is -0.161. The highest BCUT2D eigenvalue weighted by molar-refractivity contribution is 7.47. The van der Waals surface area contributed by atoms with Crippen molar-refractivity contribution < 1.29 is 80.2 Å². The van der Waals surface area contributed by atoms with E-state index in [-0.39, 0.29) is 25.7 Å². The maximum absolute atomic E-state index is 13.1. The highest BCUT2D eigenvalue weighted by atomic mass is 31.2. The van der Waals surface area contributed by atoms with E-state index in [4.69, 9.17) is 37.0 Å². The highest BCUT2D eigenvalue weighted by Crippen LogP contribution is 2.45. The Morgan fingerprint density at radius 2 is 0.529 bits per heavy atom. The first-order valence-corrected chi connectivity index (χ1v) is 41.7. The monoisotopic (exact) mass is 1490 g/mol. The summed E-state index contributed by atoms with van der Waals surface area (Å²) in [6.45, 7) is 4.24. The van der Waals surface area contributed by atoms with Crippen molar-refractivity contribution in [2.24, 2.45) is 0 Å². The standard InChI is InChI=1S/C85H134O17P2/c1-5-9-13-17-21-25-29-33-36-38-39-41-44-47-50-54-58-62-66-70-83(88)96-76-81(102-85(90)72-68-64-60-56-52-48-42-35-31-27-23-19-15-11-7-3)78-100-104(93,94)98-74-79(86)73-97-103(91,92)99-77-80(101-84(89)71-67-63-59-55-51-45-32-28-24-20-16-12-8-4)75-95-82(87)69-65-61-57-53-49-46-43-40-37-34-30-26-22-18-14-10-6-2/h9-11,13-16,20-23,25-28,32-37,39,41-43,46-47,50,53,57-58,62,79-81,86H,5-8,12,17-19,24,29-31,38,40,44-45,48-49,51-52,54-56,59-61,63-78H2,1-4H3,(H,91,92)(H,93,94)/b13-9-,14-10-,15-11-,20-16-,25-21-,26-22-,27-23-,32-28-,36-33-,37-34-,41-39-,42-35-,46-43-,50-47-,57-53-,62-58-. The van der Waals surface area contributed by atoms with Crippen LogP contribution in [-0.2, 0) is 65.4 Å². The summed E-state index contributed by atoms with van der Waals surface area (Å²) in [5.41, 5.74) is 0. The number of rotatable bonds is 70. The van der Waals surface area contributed by atoms with Crippen LogP contribution in [0, 0.1) is 0 Å². The second-order valence-electron chi connectivity index (χ2n) is 24.8. The van der Waals surface area contributed by atoms with Crippen LogP contribution >= 0.6 is 15.6 Å². The molecule has 0 heterocycles. The normalized spacial score (nSPS) is 15.0. The highest BCUT2D eigenvalue weighted by Gasteiger charge is 2.30. The van der Waals surface area contributed by atoms with E-state index < -0.39 is 97.5 Å². The molecule has 19 heteroatoms. The number of phosphoric acid groups is 2. The van der Waals surface area contributed by atoms with E-state index in [9.17, 15) is 43.2 Å². The van der Waals surface area contributed by atoms with Gasteiger partial charge in [-0.25, -0.2) is 9.13 Å². The van der Waals surface area contributed by atoms with Gasteiger partial charge in [0, 0.05) is 25.7 Å². The molecule has 0 saturated carbocycles. The predicted octanol–water partition coefficient (Wildman–Crippen LogP) is 22.5. The Kier molecular flexibility index (Phi) is 70.7. The van der Waals surface area contributed by atoms with Gasteiger partial charge in [0.05, 0.1) is 26.4 Å². The van der Waals surface area contributed by atoms with Crippen LogP contribution in [0.2, 0.25) is 0 Å². The molecule has 0 rings (SSSR count). The molecule has 0 aliphatic heterocycles. The van der Waals surface area contributed by atoms with Crippen molar-refractivity contribution in [1.82, 2.24) is 0 Å². The summed E-state index contributed by atoms with van der Waals surface area (Å²) in [6, 6.07) is 0. The zero-order chi connectivity index (χ0) is 76.0. The van der Waals surface area contributed by atoms with Crippen molar-refractivity contribution in [2.75, 3.05) is 39.6 Å². The molecular weight excluding hydrogens is 1350 g/mol. The number of aliphatic hydroxyl groups excluding tert-OH is 1. The van der Waals surface area contributed by atoms with Crippen LogP contribution in [0.15, 0.2) is 194 Å². The Labute approximate surface area is 627 Å². The third-order valence-electron chi connectivity index (χ3n) is 15.0. The van der Waals surface area contributed by atoms with E-state index in [2.05, 4.69) is 192 Å². The van der Waals surface area contributed by atoms with Gasteiger partial charge in [0.1, 0.15) is 19.3 Å². The molecule has 0 radical (unpaired) electrons. The molecule has 17 nitrogen and oxygen atoms in total. The molecule has 104 heavy (non-hydrogen) atoms. The number of carbonyl (C=O) groups is 4. The fourth-order valence-electron chi connectivity index (χ4n) is 9.27. The third-order valence-corrected chi connectivity index (χ3v) is 16.9. The Balaban J connectivity index is 5.51. The second-order valence-corrected chi connectivity index (χ2v) is 27.7. The van der Waals surface area contributed by atoms with E-state index in [0.717, 1.165) is 167 Å². The number of hydrogen-bond acceptors (Lipinski definition) is 15. The number of esters is 4. The van der Waals surface area contributed by atoms with Gasteiger partial charge in [0.15, 0.2) is 12.2 Å². The molecule has 0 aromatic rings. The largest absolute Gasteiger partial charge is 0.472 e. The summed E-state index contributed by atoms with van der Waals surface area (Å²) in [5.74, 6) is -2.40. The first-order chi connectivity index (χ1) is 50.7. The molecule has 0 aliphatic carbocycles. The van der Waals surface area contributed by atoms with Crippen LogP contribution < -0.4 is 0 Å². The SMILES string of the molecule is CC/C=C\C/C=C\C/C=C\C/C=C\C/C=C\C/C=C\CCC(=O)OCC(COP(=O)(O)OCC(O)COP(=O)(O)OCC(COC(=O)CCC/C=C\C/C=C\C/C=C\C/C=C\C/C=C\CC)OC(=O)CCCCCCC/C=C\C/C=C\CCC)OC(=O)CCCCCCC/C=C\C/C=C\C/C=C\CC. The Bertz CT molecular complexity index is 2740. The number of hydrogen-bond donors (Lipinski definition) is 3. The van der Waals surface area contributed by atoms with Crippen molar-refractivity contribution in [3.8, 4) is 0 Å².